The first-order chi connectivity index (χ1) is 14.2. The lowest BCUT2D eigenvalue weighted by Crippen LogP contribution is -2.22. The van der Waals surface area contributed by atoms with Crippen molar-refractivity contribution in [3.8, 4) is 23.0 Å². The van der Waals surface area contributed by atoms with Crippen LogP contribution in [0.5, 0.6) is 11.5 Å². The van der Waals surface area contributed by atoms with E-state index >= 15 is 0 Å². The molecule has 0 saturated heterocycles. The number of fused-ring (bicyclic) bond motifs is 2. The van der Waals surface area contributed by atoms with E-state index in [2.05, 4.69) is 4.98 Å². The van der Waals surface area contributed by atoms with E-state index in [-0.39, 0.29) is 5.91 Å². The first-order valence-electron chi connectivity index (χ1n) is 9.20. The number of hydrogen-bond acceptors (Lipinski definition) is 5. The zero-order valence-corrected chi connectivity index (χ0v) is 16.0. The fraction of sp³-hybridized carbons (Fsp3) is 0.130. The van der Waals surface area contributed by atoms with Crippen LogP contribution in [0.4, 0.5) is 5.69 Å². The summed E-state index contributed by atoms with van der Waals surface area (Å²) in [6.45, 7) is 0.556. The highest BCUT2D eigenvalue weighted by atomic mass is 16.5. The van der Waals surface area contributed by atoms with Gasteiger partial charge in [-0.25, -0.2) is 4.98 Å². The van der Waals surface area contributed by atoms with Crippen LogP contribution in [0.3, 0.4) is 0 Å². The van der Waals surface area contributed by atoms with Gasteiger partial charge in [-0.2, -0.15) is 0 Å². The van der Waals surface area contributed by atoms with Crippen molar-refractivity contribution in [2.24, 2.45) is 0 Å². The normalized spacial score (nSPS) is 13.0. The number of anilines is 1. The van der Waals surface area contributed by atoms with Crippen LogP contribution in [0.15, 0.2) is 65.1 Å². The number of ether oxygens (including phenoxy) is 2. The molecular formula is C23H18N2O4. The van der Waals surface area contributed by atoms with Gasteiger partial charge in [-0.05, 0) is 48.0 Å². The largest absolute Gasteiger partial charge is 0.493 e. The molecule has 1 amide bonds. The van der Waals surface area contributed by atoms with Crippen LogP contribution >= 0.6 is 0 Å². The average Bonchev–Trinajstić information content (AvgIpc) is 3.34. The van der Waals surface area contributed by atoms with Gasteiger partial charge in [0.2, 0.25) is 5.89 Å². The SMILES string of the molecule is COc1ccc(-c2nc3cc(N4Cc5ccccc5C4=O)ccc3o2)cc1OC. The Hall–Kier alpha value is -3.80. The zero-order chi connectivity index (χ0) is 20.0. The Labute approximate surface area is 167 Å². The molecule has 0 spiro atoms. The molecule has 0 aliphatic carbocycles. The van der Waals surface area contributed by atoms with Crippen LogP contribution in [-0.4, -0.2) is 25.1 Å². The van der Waals surface area contributed by atoms with Crippen molar-refractivity contribution >= 4 is 22.7 Å². The summed E-state index contributed by atoms with van der Waals surface area (Å²) >= 11 is 0. The molecule has 0 N–H and O–H groups in total. The smallest absolute Gasteiger partial charge is 0.258 e. The van der Waals surface area contributed by atoms with Crippen molar-refractivity contribution in [1.29, 1.82) is 0 Å². The Kier molecular flexibility index (Phi) is 3.98. The molecule has 6 heteroatoms. The summed E-state index contributed by atoms with van der Waals surface area (Å²) in [6.07, 6.45) is 0. The molecular weight excluding hydrogens is 368 g/mol. The third-order valence-electron chi connectivity index (χ3n) is 5.13. The number of oxazole rings is 1. The molecule has 29 heavy (non-hydrogen) atoms. The van der Waals surface area contributed by atoms with Gasteiger partial charge in [0.15, 0.2) is 17.1 Å². The quantitative estimate of drug-likeness (QED) is 0.510. The standard InChI is InChI=1S/C23H18N2O4/c1-27-20-9-7-14(11-21(20)28-2)22-24-18-12-16(8-10-19(18)29-22)25-13-15-5-3-4-6-17(15)23(25)26/h3-12H,13H2,1-2H3. The maximum atomic E-state index is 12.7. The molecule has 0 radical (unpaired) electrons. The van der Waals surface area contributed by atoms with Crippen LogP contribution < -0.4 is 14.4 Å². The molecule has 6 nitrogen and oxygen atoms in total. The van der Waals surface area contributed by atoms with Gasteiger partial charge >= 0.3 is 0 Å². The van der Waals surface area contributed by atoms with E-state index < -0.39 is 0 Å². The van der Waals surface area contributed by atoms with Crippen LogP contribution in [0.25, 0.3) is 22.6 Å². The Balaban J connectivity index is 1.51. The number of methoxy groups -OCH3 is 2. The third-order valence-corrected chi connectivity index (χ3v) is 5.13. The third kappa shape index (κ3) is 2.81. The topological polar surface area (TPSA) is 64.8 Å². The predicted octanol–water partition coefficient (Wildman–Crippen LogP) is 4.67. The number of nitrogens with zero attached hydrogens (tertiary/aromatic N) is 2. The number of hydrogen-bond donors (Lipinski definition) is 0. The molecule has 0 unspecified atom stereocenters. The van der Waals surface area contributed by atoms with Crippen molar-refractivity contribution in [2.75, 3.05) is 19.1 Å². The van der Waals surface area contributed by atoms with Crippen molar-refractivity contribution < 1.29 is 18.7 Å². The molecule has 1 aromatic heterocycles. The summed E-state index contributed by atoms with van der Waals surface area (Å²) in [7, 11) is 3.18. The van der Waals surface area contributed by atoms with E-state index in [1.807, 2.05) is 60.7 Å². The van der Waals surface area contributed by atoms with Crippen LogP contribution in [0.2, 0.25) is 0 Å². The minimum absolute atomic E-state index is 0.00330. The number of rotatable bonds is 4. The molecule has 0 saturated carbocycles. The van der Waals surface area contributed by atoms with Crippen LogP contribution in [0, 0.1) is 0 Å². The van der Waals surface area contributed by atoms with Crippen molar-refractivity contribution in [2.45, 2.75) is 6.54 Å². The van der Waals surface area contributed by atoms with Gasteiger partial charge in [0.25, 0.3) is 5.91 Å². The number of benzene rings is 3. The summed E-state index contributed by atoms with van der Waals surface area (Å²) in [5, 5.41) is 0. The van der Waals surface area contributed by atoms with E-state index in [1.165, 1.54) is 0 Å². The Morgan fingerprint density at radius 3 is 2.59 bits per heavy atom. The van der Waals surface area contributed by atoms with Gasteiger partial charge in [-0.3, -0.25) is 4.79 Å². The summed E-state index contributed by atoms with van der Waals surface area (Å²) in [6, 6.07) is 18.8. The fourth-order valence-electron chi connectivity index (χ4n) is 3.64. The number of aromatic nitrogens is 1. The van der Waals surface area contributed by atoms with E-state index in [0.29, 0.717) is 35.0 Å². The second kappa shape index (κ2) is 6.67. The van der Waals surface area contributed by atoms with Crippen LogP contribution in [-0.2, 0) is 6.54 Å². The highest BCUT2D eigenvalue weighted by molar-refractivity contribution is 6.10. The van der Waals surface area contributed by atoms with Crippen molar-refractivity contribution in [1.82, 2.24) is 4.98 Å². The van der Waals surface area contributed by atoms with E-state index in [4.69, 9.17) is 13.9 Å². The lowest BCUT2D eigenvalue weighted by atomic mass is 10.1. The predicted molar refractivity (Wildman–Crippen MR) is 110 cm³/mol. The molecule has 3 aromatic carbocycles. The van der Waals surface area contributed by atoms with E-state index in [0.717, 1.165) is 22.4 Å². The first kappa shape index (κ1) is 17.3. The molecule has 1 aliphatic rings. The van der Waals surface area contributed by atoms with E-state index in [1.54, 1.807) is 19.1 Å². The maximum absolute atomic E-state index is 12.7. The molecule has 1 aliphatic heterocycles. The molecule has 0 atom stereocenters. The Bertz CT molecular complexity index is 1240. The first-order valence-corrected chi connectivity index (χ1v) is 9.20. The van der Waals surface area contributed by atoms with Gasteiger partial charge in [0, 0.05) is 16.8 Å². The second-order valence-corrected chi connectivity index (χ2v) is 6.79. The minimum atomic E-state index is 0.00330. The molecule has 5 rings (SSSR count). The van der Waals surface area contributed by atoms with Gasteiger partial charge in [-0.1, -0.05) is 18.2 Å². The van der Waals surface area contributed by atoms with Gasteiger partial charge in [0.1, 0.15) is 5.52 Å². The number of carbonyl (C=O) groups excluding carboxylic acids is 1. The molecule has 4 aromatic rings. The monoisotopic (exact) mass is 386 g/mol. The van der Waals surface area contributed by atoms with Gasteiger partial charge < -0.3 is 18.8 Å². The van der Waals surface area contributed by atoms with Gasteiger partial charge in [0.05, 0.1) is 20.8 Å². The maximum Gasteiger partial charge on any atom is 0.258 e. The molecule has 144 valence electrons. The number of amides is 1. The molecule has 0 fully saturated rings. The molecule has 0 bridgehead atoms. The highest BCUT2D eigenvalue weighted by Crippen LogP contribution is 2.35. The van der Waals surface area contributed by atoms with Gasteiger partial charge in [-0.15, -0.1) is 0 Å². The lowest BCUT2D eigenvalue weighted by molar-refractivity contribution is 0.0996. The summed E-state index contributed by atoms with van der Waals surface area (Å²) < 4.78 is 16.6. The van der Waals surface area contributed by atoms with Crippen molar-refractivity contribution in [3.05, 3.63) is 71.8 Å². The lowest BCUT2D eigenvalue weighted by Gasteiger charge is -2.15. The van der Waals surface area contributed by atoms with Crippen LogP contribution in [0.1, 0.15) is 15.9 Å². The van der Waals surface area contributed by atoms with Crippen molar-refractivity contribution in [3.63, 3.8) is 0 Å². The summed E-state index contributed by atoms with van der Waals surface area (Å²) in [4.78, 5) is 19.1. The summed E-state index contributed by atoms with van der Waals surface area (Å²) in [5.74, 6) is 1.73. The summed E-state index contributed by atoms with van der Waals surface area (Å²) in [5.41, 5.74) is 4.71. The second-order valence-electron chi connectivity index (χ2n) is 6.79. The minimum Gasteiger partial charge on any atom is -0.493 e. The average molecular weight is 386 g/mol. The fourth-order valence-corrected chi connectivity index (χ4v) is 3.64. The highest BCUT2D eigenvalue weighted by Gasteiger charge is 2.28. The Morgan fingerprint density at radius 2 is 1.79 bits per heavy atom. The van der Waals surface area contributed by atoms with E-state index in [9.17, 15) is 4.79 Å². The molecule has 2 heterocycles. The zero-order valence-electron chi connectivity index (χ0n) is 16.0. The number of carbonyl (C=O) groups is 1. The Morgan fingerprint density at radius 1 is 0.966 bits per heavy atom.